The van der Waals surface area contributed by atoms with E-state index in [-0.39, 0.29) is 18.6 Å². The maximum Gasteiger partial charge on any atom is 0.242 e. The topological polar surface area (TPSA) is 118 Å². The summed E-state index contributed by atoms with van der Waals surface area (Å²) in [5, 5.41) is 9.44. The maximum atomic E-state index is 11.9. The van der Waals surface area contributed by atoms with Crippen molar-refractivity contribution >= 4 is 21.1 Å². The lowest BCUT2D eigenvalue weighted by Gasteiger charge is -2.30. The second kappa shape index (κ2) is 8.33. The molecular formula is C23H23N5O4S. The molecule has 3 aromatic rings. The molecule has 2 fully saturated rings. The SMILES string of the molecule is CS(=O)(=O)N1CCO[C@H](COc2nc(-c3ccc(C4(C#N)CC4)cc3)cc3nccnc23)C1. The molecule has 33 heavy (non-hydrogen) atoms. The molecule has 1 aliphatic carbocycles. The Morgan fingerprint density at radius 1 is 1.24 bits per heavy atom. The summed E-state index contributed by atoms with van der Waals surface area (Å²) >= 11 is 0. The lowest BCUT2D eigenvalue weighted by atomic mass is 9.96. The predicted octanol–water partition coefficient (Wildman–Crippen LogP) is 2.29. The Bertz CT molecular complexity index is 1330. The highest BCUT2D eigenvalue weighted by atomic mass is 32.2. The zero-order chi connectivity index (χ0) is 23.1. The molecule has 0 N–H and O–H groups in total. The number of fused-ring (bicyclic) bond motifs is 1. The number of rotatable bonds is 6. The first kappa shape index (κ1) is 21.7. The van der Waals surface area contributed by atoms with Crippen molar-refractivity contribution in [1.82, 2.24) is 19.3 Å². The van der Waals surface area contributed by atoms with Gasteiger partial charge < -0.3 is 9.47 Å². The third-order valence-corrected chi connectivity index (χ3v) is 7.37. The zero-order valence-electron chi connectivity index (χ0n) is 18.1. The van der Waals surface area contributed by atoms with E-state index in [0.29, 0.717) is 35.8 Å². The van der Waals surface area contributed by atoms with Gasteiger partial charge in [0.2, 0.25) is 15.9 Å². The second-order valence-electron chi connectivity index (χ2n) is 8.43. The van der Waals surface area contributed by atoms with Crippen molar-refractivity contribution in [2.75, 3.05) is 32.6 Å². The van der Waals surface area contributed by atoms with Crippen molar-refractivity contribution in [3.63, 3.8) is 0 Å². The van der Waals surface area contributed by atoms with Crippen molar-refractivity contribution < 1.29 is 17.9 Å². The van der Waals surface area contributed by atoms with E-state index < -0.39 is 16.1 Å². The van der Waals surface area contributed by atoms with Crippen LogP contribution in [0.1, 0.15) is 18.4 Å². The van der Waals surface area contributed by atoms with E-state index in [1.807, 2.05) is 30.3 Å². The van der Waals surface area contributed by atoms with E-state index in [1.165, 1.54) is 10.6 Å². The van der Waals surface area contributed by atoms with Crippen LogP contribution in [-0.2, 0) is 20.2 Å². The van der Waals surface area contributed by atoms with Crippen LogP contribution in [0.2, 0.25) is 0 Å². The summed E-state index contributed by atoms with van der Waals surface area (Å²) in [6, 6.07) is 12.1. The summed E-state index contributed by atoms with van der Waals surface area (Å²) in [5.74, 6) is 0.315. The number of hydrogen-bond acceptors (Lipinski definition) is 8. The molecule has 1 saturated heterocycles. The number of morpholine rings is 1. The molecule has 2 aromatic heterocycles. The van der Waals surface area contributed by atoms with E-state index in [2.05, 4.69) is 21.0 Å². The summed E-state index contributed by atoms with van der Waals surface area (Å²) in [7, 11) is -3.29. The molecule has 10 heteroatoms. The maximum absolute atomic E-state index is 11.9. The highest BCUT2D eigenvalue weighted by Crippen LogP contribution is 2.47. The summed E-state index contributed by atoms with van der Waals surface area (Å²) in [4.78, 5) is 13.4. The molecule has 2 aliphatic rings. The molecule has 1 saturated carbocycles. The number of sulfonamides is 1. The van der Waals surface area contributed by atoms with Crippen LogP contribution in [0.3, 0.4) is 0 Å². The fourth-order valence-electron chi connectivity index (χ4n) is 4.01. The molecule has 0 radical (unpaired) electrons. The van der Waals surface area contributed by atoms with Gasteiger partial charge >= 0.3 is 0 Å². The zero-order valence-corrected chi connectivity index (χ0v) is 19.0. The van der Waals surface area contributed by atoms with Gasteiger partial charge in [0, 0.05) is 31.0 Å². The fraction of sp³-hybridized carbons (Fsp3) is 0.391. The molecule has 0 spiro atoms. The number of pyridine rings is 1. The average Bonchev–Trinajstić information content (AvgIpc) is 3.63. The highest BCUT2D eigenvalue weighted by Gasteiger charge is 2.44. The molecule has 1 aliphatic heterocycles. The molecule has 3 heterocycles. The first-order valence-electron chi connectivity index (χ1n) is 10.7. The average molecular weight is 466 g/mol. The Balaban J connectivity index is 1.40. The van der Waals surface area contributed by atoms with E-state index in [1.54, 1.807) is 12.4 Å². The largest absolute Gasteiger partial charge is 0.473 e. The molecule has 1 atom stereocenters. The second-order valence-corrected chi connectivity index (χ2v) is 10.4. The van der Waals surface area contributed by atoms with Crippen molar-refractivity contribution in [3.05, 3.63) is 48.3 Å². The molecule has 170 valence electrons. The van der Waals surface area contributed by atoms with Crippen molar-refractivity contribution in [2.45, 2.75) is 24.4 Å². The van der Waals surface area contributed by atoms with Gasteiger partial charge in [-0.2, -0.15) is 9.57 Å². The number of ether oxygens (including phenoxy) is 2. The minimum absolute atomic E-state index is 0.137. The normalized spacial score (nSPS) is 20.3. The third-order valence-electron chi connectivity index (χ3n) is 6.10. The van der Waals surface area contributed by atoms with E-state index in [4.69, 9.17) is 9.47 Å². The Morgan fingerprint density at radius 2 is 2.00 bits per heavy atom. The van der Waals surface area contributed by atoms with Crippen molar-refractivity contribution in [1.29, 1.82) is 5.26 Å². The molecule has 0 bridgehead atoms. The number of aromatic nitrogens is 3. The Hall–Kier alpha value is -3.13. The Kier molecular flexibility index (Phi) is 5.48. The summed E-state index contributed by atoms with van der Waals surface area (Å²) < 4.78 is 36.8. The predicted molar refractivity (Wildman–Crippen MR) is 121 cm³/mol. The summed E-state index contributed by atoms with van der Waals surface area (Å²) in [5.41, 5.74) is 3.40. The van der Waals surface area contributed by atoms with Crippen LogP contribution >= 0.6 is 0 Å². The van der Waals surface area contributed by atoms with Gasteiger partial charge in [-0.15, -0.1) is 0 Å². The number of hydrogen-bond donors (Lipinski definition) is 0. The molecule has 1 aromatic carbocycles. The van der Waals surface area contributed by atoms with Crippen LogP contribution in [0, 0.1) is 11.3 Å². The first-order valence-corrected chi connectivity index (χ1v) is 12.6. The van der Waals surface area contributed by atoms with E-state index >= 15 is 0 Å². The molecule has 0 unspecified atom stereocenters. The van der Waals surface area contributed by atoms with Gasteiger partial charge in [-0.05, 0) is 24.5 Å². The van der Waals surface area contributed by atoms with Gasteiger partial charge in [0.1, 0.15) is 12.7 Å². The van der Waals surface area contributed by atoms with Gasteiger partial charge in [0.15, 0.2) is 5.52 Å². The van der Waals surface area contributed by atoms with Gasteiger partial charge in [-0.25, -0.2) is 18.4 Å². The van der Waals surface area contributed by atoms with Crippen molar-refractivity contribution in [2.24, 2.45) is 0 Å². The molecule has 5 rings (SSSR count). The molecule has 0 amide bonds. The van der Waals surface area contributed by atoms with Crippen LogP contribution in [0.25, 0.3) is 22.3 Å². The molecular weight excluding hydrogens is 442 g/mol. The number of nitrogens with zero attached hydrogens (tertiary/aromatic N) is 5. The lowest BCUT2D eigenvalue weighted by molar-refractivity contribution is -0.0252. The van der Waals surface area contributed by atoms with Crippen LogP contribution in [0.15, 0.2) is 42.7 Å². The Morgan fingerprint density at radius 3 is 2.70 bits per heavy atom. The van der Waals surface area contributed by atoms with E-state index in [0.717, 1.165) is 24.0 Å². The van der Waals surface area contributed by atoms with Crippen LogP contribution in [0.5, 0.6) is 5.88 Å². The monoisotopic (exact) mass is 465 g/mol. The van der Waals surface area contributed by atoms with Gasteiger partial charge in [-0.1, -0.05) is 24.3 Å². The first-order chi connectivity index (χ1) is 15.9. The Labute approximate surface area is 192 Å². The summed E-state index contributed by atoms with van der Waals surface area (Å²) in [6.07, 6.45) is 5.75. The van der Waals surface area contributed by atoms with Gasteiger partial charge in [-0.3, -0.25) is 4.98 Å². The minimum atomic E-state index is -3.29. The number of benzene rings is 1. The standard InChI is InChI=1S/C23H23N5O4S/c1-33(29,30)28-10-11-31-18(13-28)14-32-22-21-20(25-8-9-26-21)12-19(27-22)16-2-4-17(5-3-16)23(15-24)6-7-23/h2-5,8-9,12,18H,6-7,10-11,13-14H2,1H3/t18-/m0/s1. The van der Waals surface area contributed by atoms with Crippen LogP contribution in [0.4, 0.5) is 0 Å². The lowest BCUT2D eigenvalue weighted by Crippen LogP contribution is -2.47. The fourth-order valence-corrected chi connectivity index (χ4v) is 4.85. The van der Waals surface area contributed by atoms with Crippen LogP contribution in [-0.4, -0.2) is 66.3 Å². The molecule has 9 nitrogen and oxygen atoms in total. The quantitative estimate of drug-likeness (QED) is 0.544. The van der Waals surface area contributed by atoms with Crippen molar-refractivity contribution in [3.8, 4) is 23.2 Å². The number of nitriles is 1. The van der Waals surface area contributed by atoms with Gasteiger partial charge in [0.25, 0.3) is 0 Å². The summed E-state index contributed by atoms with van der Waals surface area (Å²) in [6.45, 7) is 1.01. The highest BCUT2D eigenvalue weighted by molar-refractivity contribution is 7.88. The van der Waals surface area contributed by atoms with E-state index in [9.17, 15) is 13.7 Å². The third kappa shape index (κ3) is 4.39. The van der Waals surface area contributed by atoms with Crippen LogP contribution < -0.4 is 4.74 Å². The van der Waals surface area contributed by atoms with Gasteiger partial charge in [0.05, 0.1) is 35.6 Å². The smallest absolute Gasteiger partial charge is 0.242 e. The minimum Gasteiger partial charge on any atom is -0.473 e.